The molecule has 33 heavy (non-hydrogen) atoms. The molecular formula is C25H23N3O5. The average molecular weight is 445 g/mol. The first-order valence-corrected chi connectivity index (χ1v) is 10.3. The van der Waals surface area contributed by atoms with Gasteiger partial charge in [-0.15, -0.1) is 0 Å². The van der Waals surface area contributed by atoms with Crippen LogP contribution in [0.25, 0.3) is 11.4 Å². The Bertz CT molecular complexity index is 1220. The summed E-state index contributed by atoms with van der Waals surface area (Å²) in [6.45, 7) is 0.297. The van der Waals surface area contributed by atoms with E-state index in [2.05, 4.69) is 15.5 Å². The van der Waals surface area contributed by atoms with Gasteiger partial charge in [0, 0.05) is 17.7 Å². The van der Waals surface area contributed by atoms with E-state index in [4.69, 9.17) is 18.7 Å². The van der Waals surface area contributed by atoms with E-state index < -0.39 is 0 Å². The molecule has 0 saturated carbocycles. The highest BCUT2D eigenvalue weighted by atomic mass is 16.5. The Morgan fingerprint density at radius 1 is 0.939 bits per heavy atom. The van der Waals surface area contributed by atoms with Gasteiger partial charge in [-0.1, -0.05) is 47.6 Å². The topological polar surface area (TPSA) is 95.7 Å². The number of aromatic nitrogens is 2. The van der Waals surface area contributed by atoms with Gasteiger partial charge in [0.05, 0.1) is 19.8 Å². The Balaban J connectivity index is 1.42. The number of benzene rings is 3. The SMILES string of the molecule is COc1ccc(OC)c(CNC(=O)c2ccccc2OCc2nc(-c3ccccc3)no2)c1. The molecule has 0 spiro atoms. The molecule has 3 aromatic carbocycles. The van der Waals surface area contributed by atoms with Gasteiger partial charge >= 0.3 is 0 Å². The highest BCUT2D eigenvalue weighted by Crippen LogP contribution is 2.25. The zero-order valence-corrected chi connectivity index (χ0v) is 18.3. The Labute approximate surface area is 191 Å². The quantitative estimate of drug-likeness (QED) is 0.411. The van der Waals surface area contributed by atoms with Crippen LogP contribution in [0.5, 0.6) is 17.2 Å². The van der Waals surface area contributed by atoms with Crippen molar-refractivity contribution in [3.05, 3.63) is 89.8 Å². The number of hydrogen-bond donors (Lipinski definition) is 1. The van der Waals surface area contributed by atoms with Gasteiger partial charge in [-0.05, 0) is 30.3 Å². The minimum absolute atomic E-state index is 0.0355. The maximum atomic E-state index is 12.9. The summed E-state index contributed by atoms with van der Waals surface area (Å²) in [4.78, 5) is 17.2. The lowest BCUT2D eigenvalue weighted by atomic mass is 10.1. The predicted octanol–water partition coefficient (Wildman–Crippen LogP) is 4.26. The molecule has 0 radical (unpaired) electrons. The highest BCUT2D eigenvalue weighted by molar-refractivity contribution is 5.96. The van der Waals surface area contributed by atoms with Crippen LogP contribution in [-0.4, -0.2) is 30.3 Å². The van der Waals surface area contributed by atoms with Gasteiger partial charge < -0.3 is 24.1 Å². The molecule has 1 aromatic heterocycles. The van der Waals surface area contributed by atoms with E-state index in [0.29, 0.717) is 34.5 Å². The first-order valence-electron chi connectivity index (χ1n) is 10.3. The average Bonchev–Trinajstić information content (AvgIpc) is 3.35. The molecule has 4 aromatic rings. The summed E-state index contributed by atoms with van der Waals surface area (Å²) in [6, 6.07) is 21.9. The van der Waals surface area contributed by atoms with Crippen LogP contribution in [0.4, 0.5) is 0 Å². The van der Waals surface area contributed by atoms with Crippen molar-refractivity contribution in [2.75, 3.05) is 14.2 Å². The van der Waals surface area contributed by atoms with Gasteiger partial charge in [0.1, 0.15) is 17.2 Å². The molecule has 8 heteroatoms. The number of ether oxygens (including phenoxy) is 3. The normalized spacial score (nSPS) is 10.5. The second kappa shape index (κ2) is 10.3. The molecule has 4 rings (SSSR count). The van der Waals surface area contributed by atoms with Crippen molar-refractivity contribution in [2.45, 2.75) is 13.2 Å². The number of carbonyl (C=O) groups is 1. The predicted molar refractivity (Wildman–Crippen MR) is 121 cm³/mol. The van der Waals surface area contributed by atoms with Crippen molar-refractivity contribution >= 4 is 5.91 Å². The number of amides is 1. The lowest BCUT2D eigenvalue weighted by molar-refractivity contribution is 0.0945. The number of nitrogens with one attached hydrogen (secondary N) is 1. The summed E-state index contributed by atoms with van der Waals surface area (Å²) in [5.74, 6) is 2.25. The van der Waals surface area contributed by atoms with Gasteiger partial charge in [-0.2, -0.15) is 4.98 Å². The summed E-state index contributed by atoms with van der Waals surface area (Å²) in [5, 5.41) is 6.88. The third kappa shape index (κ3) is 5.30. The van der Waals surface area contributed by atoms with Crippen LogP contribution in [0.2, 0.25) is 0 Å². The summed E-state index contributed by atoms with van der Waals surface area (Å²) >= 11 is 0. The third-order valence-corrected chi connectivity index (χ3v) is 4.91. The zero-order chi connectivity index (χ0) is 23.0. The number of methoxy groups -OCH3 is 2. The molecule has 8 nitrogen and oxygen atoms in total. The van der Waals surface area contributed by atoms with Gasteiger partial charge in [0.2, 0.25) is 5.82 Å². The first-order chi connectivity index (χ1) is 16.2. The Morgan fingerprint density at radius 2 is 1.73 bits per heavy atom. The van der Waals surface area contributed by atoms with Crippen molar-refractivity contribution in [2.24, 2.45) is 0 Å². The van der Waals surface area contributed by atoms with Crippen molar-refractivity contribution in [1.29, 1.82) is 0 Å². The molecule has 0 bridgehead atoms. The van der Waals surface area contributed by atoms with E-state index >= 15 is 0 Å². The first kappa shape index (κ1) is 21.9. The molecule has 1 N–H and O–H groups in total. The molecule has 0 fully saturated rings. The maximum absolute atomic E-state index is 12.9. The molecule has 0 unspecified atom stereocenters. The molecule has 1 amide bonds. The van der Waals surface area contributed by atoms with Gasteiger partial charge in [0.15, 0.2) is 6.61 Å². The van der Waals surface area contributed by atoms with Crippen molar-refractivity contribution in [3.63, 3.8) is 0 Å². The third-order valence-electron chi connectivity index (χ3n) is 4.91. The number of rotatable bonds is 9. The summed E-state index contributed by atoms with van der Waals surface area (Å²) in [7, 11) is 3.17. The largest absolute Gasteiger partial charge is 0.497 e. The molecule has 0 saturated heterocycles. The molecule has 168 valence electrons. The van der Waals surface area contributed by atoms with E-state index in [1.165, 1.54) is 0 Å². The number of carbonyl (C=O) groups excluding carboxylic acids is 1. The van der Waals surface area contributed by atoms with E-state index in [0.717, 1.165) is 11.1 Å². The molecule has 1 heterocycles. The molecule has 0 atom stereocenters. The minimum Gasteiger partial charge on any atom is -0.497 e. The van der Waals surface area contributed by atoms with Gasteiger partial charge in [-0.3, -0.25) is 4.79 Å². The fourth-order valence-electron chi connectivity index (χ4n) is 3.23. The van der Waals surface area contributed by atoms with Gasteiger partial charge in [0.25, 0.3) is 11.8 Å². The van der Waals surface area contributed by atoms with Crippen LogP contribution < -0.4 is 19.5 Å². The smallest absolute Gasteiger partial charge is 0.264 e. The van der Waals surface area contributed by atoms with Crippen molar-refractivity contribution in [1.82, 2.24) is 15.5 Å². The Morgan fingerprint density at radius 3 is 2.52 bits per heavy atom. The summed E-state index contributed by atoms with van der Waals surface area (Å²) in [5.41, 5.74) is 2.03. The summed E-state index contributed by atoms with van der Waals surface area (Å²) < 4.78 is 21.7. The molecule has 0 aliphatic carbocycles. The monoisotopic (exact) mass is 445 g/mol. The number of nitrogens with zero attached hydrogens (tertiary/aromatic N) is 2. The van der Waals surface area contributed by atoms with Crippen molar-refractivity contribution < 1.29 is 23.5 Å². The van der Waals surface area contributed by atoms with Crippen LogP contribution >= 0.6 is 0 Å². The Kier molecular flexibility index (Phi) is 6.84. The second-order valence-electron chi connectivity index (χ2n) is 7.02. The van der Waals surface area contributed by atoms with E-state index in [-0.39, 0.29) is 19.1 Å². The second-order valence-corrected chi connectivity index (χ2v) is 7.02. The molecule has 0 aliphatic rings. The maximum Gasteiger partial charge on any atom is 0.264 e. The fourth-order valence-corrected chi connectivity index (χ4v) is 3.23. The van der Waals surface area contributed by atoms with Crippen LogP contribution in [-0.2, 0) is 13.2 Å². The standard InChI is InChI=1S/C25H23N3O5/c1-30-19-12-13-21(31-2)18(14-19)15-26-25(29)20-10-6-7-11-22(20)32-16-23-27-24(28-33-23)17-8-4-3-5-9-17/h3-14H,15-16H2,1-2H3,(H,26,29). The van der Waals surface area contributed by atoms with Crippen molar-refractivity contribution in [3.8, 4) is 28.6 Å². The zero-order valence-electron chi connectivity index (χ0n) is 18.3. The van der Waals surface area contributed by atoms with Gasteiger partial charge in [-0.25, -0.2) is 0 Å². The van der Waals surface area contributed by atoms with Crippen LogP contribution in [0.1, 0.15) is 21.8 Å². The molecular weight excluding hydrogens is 422 g/mol. The summed E-state index contributed by atoms with van der Waals surface area (Å²) in [6.07, 6.45) is 0. The highest BCUT2D eigenvalue weighted by Gasteiger charge is 2.15. The fraction of sp³-hybridized carbons (Fsp3) is 0.160. The number of para-hydroxylation sites is 1. The van der Waals surface area contributed by atoms with Crippen LogP contribution in [0.15, 0.2) is 77.3 Å². The van der Waals surface area contributed by atoms with Crippen LogP contribution in [0.3, 0.4) is 0 Å². The number of hydrogen-bond acceptors (Lipinski definition) is 7. The minimum atomic E-state index is -0.286. The van der Waals surface area contributed by atoms with E-state index in [1.807, 2.05) is 36.4 Å². The Hall–Kier alpha value is -4.33. The lowest BCUT2D eigenvalue weighted by Crippen LogP contribution is -2.23. The molecule has 0 aliphatic heterocycles. The van der Waals surface area contributed by atoms with Crippen LogP contribution in [0, 0.1) is 0 Å². The van der Waals surface area contributed by atoms with E-state index in [1.54, 1.807) is 50.6 Å². The van der Waals surface area contributed by atoms with E-state index in [9.17, 15) is 4.79 Å². The lowest BCUT2D eigenvalue weighted by Gasteiger charge is -2.13.